The quantitative estimate of drug-likeness (QED) is 0.750. The van der Waals surface area contributed by atoms with Gasteiger partial charge in [0, 0.05) is 12.1 Å². The van der Waals surface area contributed by atoms with E-state index in [2.05, 4.69) is 0 Å². The summed E-state index contributed by atoms with van der Waals surface area (Å²) in [6.45, 7) is 4.00. The summed E-state index contributed by atoms with van der Waals surface area (Å²) in [6, 6.07) is 8.78. The largest absolute Gasteiger partial charge is 0.508 e. The Morgan fingerprint density at radius 1 is 1.00 bits per heavy atom. The first-order chi connectivity index (χ1) is 10.5. The highest BCUT2D eigenvalue weighted by molar-refractivity contribution is 6.02. The predicted octanol–water partition coefficient (Wildman–Crippen LogP) is 3.54. The molecule has 3 rings (SSSR count). The summed E-state index contributed by atoms with van der Waals surface area (Å²) in [6.07, 6.45) is -0.410. The van der Waals surface area contributed by atoms with Gasteiger partial charge in [0.1, 0.15) is 34.7 Å². The molecule has 5 heteroatoms. The van der Waals surface area contributed by atoms with E-state index in [1.54, 1.807) is 12.1 Å². The monoisotopic (exact) mass is 302 g/mol. The minimum Gasteiger partial charge on any atom is -0.508 e. The summed E-state index contributed by atoms with van der Waals surface area (Å²) in [4.78, 5) is 12.1. The molecule has 1 heterocycles. The number of hydrogen-bond acceptors (Lipinski definition) is 5. The topological polar surface area (TPSA) is 87.0 Å². The number of ketones is 1. The van der Waals surface area contributed by atoms with E-state index in [-0.39, 0.29) is 40.8 Å². The highest BCUT2D eigenvalue weighted by atomic mass is 16.5. The van der Waals surface area contributed by atoms with Gasteiger partial charge >= 0.3 is 0 Å². The van der Waals surface area contributed by atoms with Crippen molar-refractivity contribution in [2.75, 3.05) is 0 Å². The molecule has 1 atom stereocenters. The van der Waals surface area contributed by atoms with Crippen molar-refractivity contribution in [1.82, 2.24) is 0 Å². The van der Waals surface area contributed by atoms with Gasteiger partial charge in [-0.25, -0.2) is 0 Å². The number of benzene rings is 2. The van der Waals surface area contributed by atoms with Crippen LogP contribution in [0.3, 0.4) is 0 Å². The highest BCUT2D eigenvalue weighted by Crippen LogP contribution is 2.41. The number of carbonyl (C=O) groups is 1. The van der Waals surface area contributed by atoms with E-state index in [4.69, 9.17) is 4.74 Å². The van der Waals surface area contributed by atoms with E-state index in [0.29, 0.717) is 0 Å². The van der Waals surface area contributed by atoms with Gasteiger partial charge in [-0.05, 0) is 17.7 Å². The average molecular weight is 302 g/mol. The van der Waals surface area contributed by atoms with Gasteiger partial charge in [0.05, 0.1) is 6.42 Å². The molecule has 0 saturated carbocycles. The van der Waals surface area contributed by atoms with Crippen LogP contribution in [0.25, 0.3) is 0 Å². The van der Waals surface area contributed by atoms with Crippen molar-refractivity contribution in [2.24, 2.45) is 0 Å². The molecule has 0 radical (unpaired) electrons. The number of ether oxygens (including phenoxy) is 1. The lowest BCUT2D eigenvalue weighted by atomic mass is 9.95. The summed E-state index contributed by atoms with van der Waals surface area (Å²) < 4.78 is 5.67. The van der Waals surface area contributed by atoms with E-state index >= 15 is 0 Å². The molecule has 1 aliphatic heterocycles. The van der Waals surface area contributed by atoms with Gasteiger partial charge in [-0.3, -0.25) is 4.79 Å². The normalized spacial score (nSPS) is 16.1. The third kappa shape index (κ3) is 2.98. The lowest BCUT2D eigenvalue weighted by Gasteiger charge is -2.26. The van der Waals surface area contributed by atoms with Gasteiger partial charge in [-0.2, -0.15) is 0 Å². The van der Waals surface area contributed by atoms with Crippen molar-refractivity contribution in [3.8, 4) is 23.0 Å². The van der Waals surface area contributed by atoms with E-state index in [1.165, 1.54) is 18.2 Å². The molecular weight excluding hydrogens is 284 g/mol. The highest BCUT2D eigenvalue weighted by Gasteiger charge is 2.30. The van der Waals surface area contributed by atoms with Crippen LogP contribution in [0.2, 0.25) is 0 Å². The number of phenolic OH excluding ortho intramolecular Hbond substituents is 3. The first-order valence-corrected chi connectivity index (χ1v) is 7.09. The zero-order valence-corrected chi connectivity index (χ0v) is 12.4. The Morgan fingerprint density at radius 2 is 1.64 bits per heavy atom. The molecule has 1 aliphatic rings. The molecule has 0 aliphatic carbocycles. The number of aromatic hydroxyl groups is 3. The van der Waals surface area contributed by atoms with E-state index in [0.717, 1.165) is 11.6 Å². The first-order valence-electron chi connectivity index (χ1n) is 7.09. The second-order valence-corrected chi connectivity index (χ2v) is 4.66. The van der Waals surface area contributed by atoms with Crippen molar-refractivity contribution < 1.29 is 24.9 Å². The Balaban J connectivity index is 0.000000847. The number of phenols is 3. The van der Waals surface area contributed by atoms with Gasteiger partial charge in [-0.1, -0.05) is 26.0 Å². The summed E-state index contributed by atoms with van der Waals surface area (Å²) in [5.74, 6) is -0.403. The van der Waals surface area contributed by atoms with Crippen molar-refractivity contribution in [3.63, 3.8) is 0 Å². The molecule has 2 aromatic rings. The molecule has 1 unspecified atom stereocenters. The van der Waals surface area contributed by atoms with Crippen molar-refractivity contribution >= 4 is 5.78 Å². The summed E-state index contributed by atoms with van der Waals surface area (Å²) in [5, 5.41) is 28.4. The Hall–Kier alpha value is -2.69. The third-order valence-corrected chi connectivity index (χ3v) is 3.25. The van der Waals surface area contributed by atoms with E-state index in [1.807, 2.05) is 13.8 Å². The first kappa shape index (κ1) is 15.7. The SMILES string of the molecule is CC.O=C1CC(c2ccc(O)cc2)Oc2cc(O)cc(O)c21. The molecule has 0 bridgehead atoms. The molecule has 0 aromatic heterocycles. The Kier molecular flexibility index (Phi) is 4.56. The Labute approximate surface area is 128 Å². The third-order valence-electron chi connectivity index (χ3n) is 3.25. The van der Waals surface area contributed by atoms with Gasteiger partial charge in [-0.15, -0.1) is 0 Å². The second kappa shape index (κ2) is 6.39. The fourth-order valence-electron chi connectivity index (χ4n) is 2.30. The van der Waals surface area contributed by atoms with Crippen LogP contribution in [0.5, 0.6) is 23.0 Å². The number of rotatable bonds is 1. The van der Waals surface area contributed by atoms with Gasteiger partial charge in [0.15, 0.2) is 5.78 Å². The van der Waals surface area contributed by atoms with Crippen molar-refractivity contribution in [2.45, 2.75) is 26.4 Å². The number of Topliss-reactive ketones (excluding diaryl/α,β-unsaturated/α-hetero) is 1. The van der Waals surface area contributed by atoms with Crippen LogP contribution < -0.4 is 4.74 Å². The summed E-state index contributed by atoms with van der Waals surface area (Å²) >= 11 is 0. The maximum Gasteiger partial charge on any atom is 0.174 e. The van der Waals surface area contributed by atoms with Crippen LogP contribution in [0.1, 0.15) is 42.3 Å². The second-order valence-electron chi connectivity index (χ2n) is 4.66. The lowest BCUT2D eigenvalue weighted by molar-refractivity contribution is 0.0845. The Bertz CT molecular complexity index is 676. The van der Waals surface area contributed by atoms with Crippen LogP contribution >= 0.6 is 0 Å². The standard InChI is InChI=1S/C15H12O5.C2H6/c16-9-3-1-8(2-4-9)13-7-12(19)15-11(18)5-10(17)6-14(15)20-13;1-2/h1-6,13,16-18H,7H2;1-2H3. The molecule has 22 heavy (non-hydrogen) atoms. The molecular formula is C17H18O5. The minimum absolute atomic E-state index is 0.0934. The van der Waals surface area contributed by atoms with E-state index < -0.39 is 6.10 Å². The average Bonchev–Trinajstić information content (AvgIpc) is 2.48. The van der Waals surface area contributed by atoms with Gasteiger partial charge in [0.2, 0.25) is 0 Å². The molecule has 116 valence electrons. The number of hydrogen-bond donors (Lipinski definition) is 3. The molecule has 3 N–H and O–H groups in total. The van der Waals surface area contributed by atoms with Crippen LogP contribution in [0.4, 0.5) is 0 Å². The van der Waals surface area contributed by atoms with Crippen molar-refractivity contribution in [1.29, 1.82) is 0 Å². The minimum atomic E-state index is -0.503. The lowest BCUT2D eigenvalue weighted by Crippen LogP contribution is -2.20. The maximum atomic E-state index is 12.1. The van der Waals surface area contributed by atoms with Crippen LogP contribution in [-0.4, -0.2) is 21.1 Å². The predicted molar refractivity (Wildman–Crippen MR) is 81.5 cm³/mol. The fourth-order valence-corrected chi connectivity index (χ4v) is 2.30. The fraction of sp³-hybridized carbons (Fsp3) is 0.235. The van der Waals surface area contributed by atoms with E-state index in [9.17, 15) is 20.1 Å². The summed E-state index contributed by atoms with van der Waals surface area (Å²) in [7, 11) is 0. The molecule has 0 saturated heterocycles. The molecule has 0 amide bonds. The Morgan fingerprint density at radius 3 is 2.27 bits per heavy atom. The molecule has 0 fully saturated rings. The van der Waals surface area contributed by atoms with Crippen LogP contribution in [0.15, 0.2) is 36.4 Å². The zero-order chi connectivity index (χ0) is 16.3. The zero-order valence-electron chi connectivity index (χ0n) is 12.4. The number of fused-ring (bicyclic) bond motifs is 1. The molecule has 0 spiro atoms. The van der Waals surface area contributed by atoms with Gasteiger partial charge in [0.25, 0.3) is 0 Å². The summed E-state index contributed by atoms with van der Waals surface area (Å²) in [5.41, 5.74) is 0.836. The van der Waals surface area contributed by atoms with Crippen molar-refractivity contribution in [3.05, 3.63) is 47.5 Å². The van der Waals surface area contributed by atoms with Crippen LogP contribution in [-0.2, 0) is 0 Å². The number of carbonyl (C=O) groups excluding carboxylic acids is 1. The van der Waals surface area contributed by atoms with Gasteiger partial charge < -0.3 is 20.1 Å². The molecule has 2 aromatic carbocycles. The maximum absolute atomic E-state index is 12.1. The smallest absolute Gasteiger partial charge is 0.174 e. The molecule has 5 nitrogen and oxygen atoms in total. The van der Waals surface area contributed by atoms with Crippen LogP contribution in [0, 0.1) is 0 Å².